The van der Waals surface area contributed by atoms with Gasteiger partial charge in [0, 0.05) is 37.0 Å². The summed E-state index contributed by atoms with van der Waals surface area (Å²) in [6.07, 6.45) is 0. The van der Waals surface area contributed by atoms with Crippen molar-refractivity contribution in [2.75, 3.05) is 0 Å². The lowest BCUT2D eigenvalue weighted by molar-refractivity contribution is 1.19. The van der Waals surface area contributed by atoms with Gasteiger partial charge >= 0.3 is 0 Å². The molecule has 0 aliphatic rings. The number of hydrogen-bond acceptors (Lipinski definition) is 1. The van der Waals surface area contributed by atoms with Crippen LogP contribution in [0.2, 0.25) is 0 Å². The Morgan fingerprint density at radius 3 is 1.62 bits per heavy atom. The predicted molar refractivity (Wildman–Crippen MR) is 200 cm³/mol. The van der Waals surface area contributed by atoms with E-state index in [4.69, 9.17) is 6.57 Å². The Labute approximate surface area is 274 Å². The summed E-state index contributed by atoms with van der Waals surface area (Å²) in [6.45, 7) is 7.89. The molecule has 3 heterocycles. The van der Waals surface area contributed by atoms with E-state index in [1.165, 1.54) is 64.0 Å². The second-order valence-electron chi connectivity index (χ2n) is 12.0. The van der Waals surface area contributed by atoms with Crippen LogP contribution >= 0.6 is 11.3 Å². The molecule has 0 amide bonds. The van der Waals surface area contributed by atoms with Crippen LogP contribution in [0.15, 0.2) is 152 Å². The van der Waals surface area contributed by atoms with Gasteiger partial charge in [-0.05, 0) is 47.5 Å². The fourth-order valence-electron chi connectivity index (χ4n) is 7.54. The summed E-state index contributed by atoms with van der Waals surface area (Å²) in [5, 5.41) is 7.44. The minimum absolute atomic E-state index is 0.643. The Balaban J connectivity index is 1.25. The van der Waals surface area contributed by atoms with Crippen molar-refractivity contribution in [3.8, 4) is 22.5 Å². The average molecular weight is 616 g/mol. The van der Waals surface area contributed by atoms with Crippen molar-refractivity contribution in [2.24, 2.45) is 0 Å². The SMILES string of the molecule is [C-]#[N+]c1ccccc1-n1c2ccccc2c2ccc(-c3cccc4c3sc3c(-n5c6ccccc6c6ccccc65)cccc34)cc21. The third kappa shape index (κ3) is 3.66. The summed E-state index contributed by atoms with van der Waals surface area (Å²) >= 11 is 1.87. The number of nitrogens with zero attached hydrogens (tertiary/aromatic N) is 3. The molecule has 0 bridgehead atoms. The van der Waals surface area contributed by atoms with Crippen LogP contribution in [0.1, 0.15) is 0 Å². The smallest absolute Gasteiger partial charge is 0.210 e. The molecule has 3 aromatic heterocycles. The van der Waals surface area contributed by atoms with Gasteiger partial charge in [-0.1, -0.05) is 115 Å². The maximum atomic E-state index is 7.89. The number of aromatic nitrogens is 2. The molecule has 0 fully saturated rings. The number of fused-ring (bicyclic) bond motifs is 9. The summed E-state index contributed by atoms with van der Waals surface area (Å²) in [5.74, 6) is 0. The Hall–Kier alpha value is -6.15. The van der Waals surface area contributed by atoms with Gasteiger partial charge in [-0.25, -0.2) is 4.85 Å². The van der Waals surface area contributed by atoms with Crippen LogP contribution in [0.5, 0.6) is 0 Å². The van der Waals surface area contributed by atoms with Gasteiger partial charge in [-0.3, -0.25) is 0 Å². The highest BCUT2D eigenvalue weighted by atomic mass is 32.1. The van der Waals surface area contributed by atoms with Gasteiger partial charge in [-0.15, -0.1) is 11.3 Å². The standard InChI is InChI=1S/C43H25N3S/c1-44-35-18-5-9-22-39(35)46-38-21-8-4-14-31(38)32-25-24-27(26-41(32)46)28-15-10-16-33-34-17-11-23-40(43(34)47-42(28)33)45-36-19-6-2-12-29(36)30-13-3-7-20-37(30)45/h2-26H. The largest absolute Gasteiger partial charge is 0.319 e. The lowest BCUT2D eigenvalue weighted by Crippen LogP contribution is -1.94. The van der Waals surface area contributed by atoms with Gasteiger partial charge in [0.05, 0.1) is 44.7 Å². The first kappa shape index (κ1) is 26.1. The predicted octanol–water partition coefficient (Wildman–Crippen LogP) is 12.5. The molecular formula is C43H25N3S. The fourth-order valence-corrected chi connectivity index (χ4v) is 8.88. The van der Waals surface area contributed by atoms with Crippen LogP contribution in [-0.2, 0) is 0 Å². The third-order valence-corrected chi connectivity index (χ3v) is 10.8. The second-order valence-corrected chi connectivity index (χ2v) is 13.0. The first-order chi connectivity index (χ1) is 23.3. The summed E-state index contributed by atoms with van der Waals surface area (Å²) in [6, 6.07) is 54.1. The molecule has 7 aromatic carbocycles. The number of thiophene rings is 1. The topological polar surface area (TPSA) is 14.2 Å². The zero-order valence-electron chi connectivity index (χ0n) is 25.2. The van der Waals surface area contributed by atoms with Crippen molar-refractivity contribution in [3.05, 3.63) is 163 Å². The average Bonchev–Trinajstić information content (AvgIpc) is 3.79. The maximum Gasteiger partial charge on any atom is 0.210 e. The molecule has 4 heteroatoms. The molecule has 3 nitrogen and oxygen atoms in total. The Bertz CT molecular complexity index is 2880. The van der Waals surface area contributed by atoms with E-state index in [1.807, 2.05) is 29.5 Å². The van der Waals surface area contributed by atoms with E-state index in [0.717, 1.165) is 22.3 Å². The molecule has 0 saturated carbocycles. The summed E-state index contributed by atoms with van der Waals surface area (Å²) in [5.41, 5.74) is 9.78. The summed E-state index contributed by atoms with van der Waals surface area (Å²) < 4.78 is 7.25. The van der Waals surface area contributed by atoms with Crippen LogP contribution in [0.4, 0.5) is 5.69 Å². The highest BCUT2D eigenvalue weighted by molar-refractivity contribution is 7.26. The maximum absolute atomic E-state index is 7.89. The zero-order chi connectivity index (χ0) is 31.1. The number of benzene rings is 7. The molecule has 0 atom stereocenters. The molecule has 0 radical (unpaired) electrons. The highest BCUT2D eigenvalue weighted by Gasteiger charge is 2.19. The minimum atomic E-state index is 0.643. The quantitative estimate of drug-likeness (QED) is 0.176. The molecule has 0 aliphatic carbocycles. The van der Waals surface area contributed by atoms with E-state index in [9.17, 15) is 0 Å². The summed E-state index contributed by atoms with van der Waals surface area (Å²) in [7, 11) is 0. The Kier molecular flexibility index (Phi) is 5.51. The molecule has 0 aliphatic heterocycles. The minimum Gasteiger partial charge on any atom is -0.319 e. The monoisotopic (exact) mass is 615 g/mol. The number of hydrogen-bond donors (Lipinski definition) is 0. The second kappa shape index (κ2) is 9.92. The molecule has 218 valence electrons. The third-order valence-electron chi connectivity index (χ3n) is 9.55. The molecule has 0 spiro atoms. The van der Waals surface area contributed by atoms with Crippen molar-refractivity contribution in [1.29, 1.82) is 0 Å². The van der Waals surface area contributed by atoms with Crippen LogP contribution in [-0.4, -0.2) is 9.13 Å². The van der Waals surface area contributed by atoms with E-state index in [0.29, 0.717) is 5.69 Å². The number of rotatable bonds is 3. The lowest BCUT2D eigenvalue weighted by Gasteiger charge is -2.11. The van der Waals surface area contributed by atoms with Gasteiger partial charge in [0.2, 0.25) is 5.69 Å². The molecule has 10 rings (SSSR count). The first-order valence-electron chi connectivity index (χ1n) is 15.7. The molecule has 10 aromatic rings. The molecule has 0 saturated heterocycles. The van der Waals surface area contributed by atoms with Crippen molar-refractivity contribution < 1.29 is 0 Å². The lowest BCUT2D eigenvalue weighted by atomic mass is 10.0. The van der Waals surface area contributed by atoms with E-state index in [1.54, 1.807) is 0 Å². The van der Waals surface area contributed by atoms with E-state index >= 15 is 0 Å². The summed E-state index contributed by atoms with van der Waals surface area (Å²) in [4.78, 5) is 3.88. The van der Waals surface area contributed by atoms with Crippen LogP contribution in [0.25, 0.3) is 91.1 Å². The van der Waals surface area contributed by atoms with E-state index in [-0.39, 0.29) is 0 Å². The normalized spacial score (nSPS) is 11.8. The van der Waals surface area contributed by atoms with Crippen molar-refractivity contribution in [3.63, 3.8) is 0 Å². The Morgan fingerprint density at radius 1 is 0.426 bits per heavy atom. The molecule has 47 heavy (non-hydrogen) atoms. The van der Waals surface area contributed by atoms with Crippen LogP contribution < -0.4 is 0 Å². The molecular weight excluding hydrogens is 591 g/mol. The van der Waals surface area contributed by atoms with Gasteiger partial charge in [0.1, 0.15) is 0 Å². The number of para-hydroxylation sites is 5. The molecule has 0 unspecified atom stereocenters. The van der Waals surface area contributed by atoms with Gasteiger partial charge < -0.3 is 9.13 Å². The van der Waals surface area contributed by atoms with Crippen LogP contribution in [0.3, 0.4) is 0 Å². The van der Waals surface area contributed by atoms with Gasteiger partial charge in [0.25, 0.3) is 0 Å². The van der Waals surface area contributed by atoms with Crippen molar-refractivity contribution in [1.82, 2.24) is 9.13 Å². The highest BCUT2D eigenvalue weighted by Crippen LogP contribution is 2.45. The zero-order valence-corrected chi connectivity index (χ0v) is 26.0. The van der Waals surface area contributed by atoms with E-state index < -0.39 is 0 Å². The van der Waals surface area contributed by atoms with Gasteiger partial charge in [0.15, 0.2) is 0 Å². The fraction of sp³-hybridized carbons (Fsp3) is 0. The molecule has 0 N–H and O–H groups in total. The van der Waals surface area contributed by atoms with Crippen LogP contribution in [0, 0.1) is 6.57 Å². The Morgan fingerprint density at radius 2 is 0.936 bits per heavy atom. The first-order valence-corrected chi connectivity index (χ1v) is 16.5. The van der Waals surface area contributed by atoms with Crippen molar-refractivity contribution in [2.45, 2.75) is 0 Å². The van der Waals surface area contributed by atoms with Gasteiger partial charge in [-0.2, -0.15) is 0 Å². The van der Waals surface area contributed by atoms with E-state index in [2.05, 4.69) is 147 Å². The van der Waals surface area contributed by atoms with Crippen molar-refractivity contribution >= 4 is 80.8 Å².